The van der Waals surface area contributed by atoms with E-state index in [4.69, 9.17) is 15.2 Å². The summed E-state index contributed by atoms with van der Waals surface area (Å²) in [6.45, 7) is 9.27. The maximum atomic E-state index is 12.3. The van der Waals surface area contributed by atoms with Crippen LogP contribution in [0.2, 0.25) is 0 Å². The van der Waals surface area contributed by atoms with Gasteiger partial charge in [-0.15, -0.1) is 12.4 Å². The number of rotatable bonds is 7. The van der Waals surface area contributed by atoms with Crippen LogP contribution < -0.4 is 15.2 Å². The van der Waals surface area contributed by atoms with Gasteiger partial charge in [0.05, 0.1) is 6.61 Å². The quantitative estimate of drug-likeness (QED) is 0.747. The zero-order valence-electron chi connectivity index (χ0n) is 17.1. The summed E-state index contributed by atoms with van der Waals surface area (Å²) in [6, 6.07) is 6.25. The van der Waals surface area contributed by atoms with Crippen LogP contribution in [0.15, 0.2) is 18.2 Å². The number of piperidine rings is 1. The highest BCUT2D eigenvalue weighted by atomic mass is 35.5. The molecule has 1 aromatic carbocycles. The number of carbonyl (C=O) groups is 1. The van der Waals surface area contributed by atoms with E-state index in [9.17, 15) is 4.79 Å². The highest BCUT2D eigenvalue weighted by Gasteiger charge is 2.26. The SMILES string of the molecule is CCOc1cc(CN2CC(C)C(N)C2)ccc1OCC(=O)N1CCCCC1.Cl. The van der Waals surface area contributed by atoms with Gasteiger partial charge in [0.25, 0.3) is 5.91 Å². The number of benzene rings is 1. The summed E-state index contributed by atoms with van der Waals surface area (Å²) < 4.78 is 11.6. The van der Waals surface area contributed by atoms with E-state index in [-0.39, 0.29) is 31.0 Å². The van der Waals surface area contributed by atoms with Gasteiger partial charge in [-0.25, -0.2) is 0 Å². The van der Waals surface area contributed by atoms with Crippen molar-refractivity contribution in [2.24, 2.45) is 11.7 Å². The van der Waals surface area contributed by atoms with Gasteiger partial charge in [0.1, 0.15) is 0 Å². The summed E-state index contributed by atoms with van der Waals surface area (Å²) in [7, 11) is 0. The van der Waals surface area contributed by atoms with Crippen molar-refractivity contribution in [2.45, 2.75) is 45.7 Å². The molecule has 2 saturated heterocycles. The van der Waals surface area contributed by atoms with Gasteiger partial charge in [0, 0.05) is 38.8 Å². The Bertz CT molecular complexity index is 627. The van der Waals surface area contributed by atoms with E-state index in [0.29, 0.717) is 24.0 Å². The van der Waals surface area contributed by atoms with E-state index >= 15 is 0 Å². The molecule has 0 radical (unpaired) electrons. The van der Waals surface area contributed by atoms with Crippen LogP contribution in [0.3, 0.4) is 0 Å². The maximum Gasteiger partial charge on any atom is 0.260 e. The molecule has 3 rings (SSSR count). The summed E-state index contributed by atoms with van der Waals surface area (Å²) in [5.74, 6) is 1.93. The molecule has 158 valence electrons. The van der Waals surface area contributed by atoms with Crippen LogP contribution in [0.1, 0.15) is 38.7 Å². The Kier molecular flexibility index (Phi) is 8.86. The molecule has 0 aliphatic carbocycles. The number of amides is 1. The van der Waals surface area contributed by atoms with Gasteiger partial charge < -0.3 is 20.1 Å². The molecule has 7 heteroatoms. The normalized spacial score (nSPS) is 22.6. The minimum Gasteiger partial charge on any atom is -0.490 e. The largest absolute Gasteiger partial charge is 0.490 e. The Morgan fingerprint density at radius 2 is 1.89 bits per heavy atom. The second-order valence-electron chi connectivity index (χ2n) is 7.78. The van der Waals surface area contributed by atoms with Crippen LogP contribution in [-0.4, -0.2) is 61.1 Å². The topological polar surface area (TPSA) is 68.0 Å². The van der Waals surface area contributed by atoms with Crippen LogP contribution in [0, 0.1) is 5.92 Å². The average Bonchev–Trinajstić information content (AvgIpc) is 2.99. The van der Waals surface area contributed by atoms with Gasteiger partial charge in [-0.1, -0.05) is 13.0 Å². The van der Waals surface area contributed by atoms with Crippen molar-refractivity contribution in [3.63, 3.8) is 0 Å². The highest BCUT2D eigenvalue weighted by molar-refractivity contribution is 5.85. The average molecular weight is 412 g/mol. The van der Waals surface area contributed by atoms with Crippen molar-refractivity contribution in [3.05, 3.63) is 23.8 Å². The third kappa shape index (κ3) is 6.00. The molecule has 2 aliphatic heterocycles. The molecular formula is C21H34ClN3O3. The minimum atomic E-state index is 0. The Labute approximate surface area is 174 Å². The number of hydrogen-bond donors (Lipinski definition) is 1. The number of hydrogen-bond acceptors (Lipinski definition) is 5. The first-order chi connectivity index (χ1) is 13.1. The lowest BCUT2D eigenvalue weighted by molar-refractivity contribution is -0.134. The Morgan fingerprint density at radius 1 is 1.14 bits per heavy atom. The first-order valence-electron chi connectivity index (χ1n) is 10.2. The summed E-state index contributed by atoms with van der Waals surface area (Å²) in [5.41, 5.74) is 7.31. The number of halogens is 1. The minimum absolute atomic E-state index is 0. The molecule has 2 aliphatic rings. The lowest BCUT2D eigenvalue weighted by Crippen LogP contribution is -2.38. The van der Waals surface area contributed by atoms with E-state index < -0.39 is 0 Å². The molecule has 1 aromatic rings. The summed E-state index contributed by atoms with van der Waals surface area (Å²) >= 11 is 0. The Hall–Kier alpha value is -1.50. The van der Waals surface area contributed by atoms with Crippen molar-refractivity contribution in [1.29, 1.82) is 0 Å². The molecule has 2 N–H and O–H groups in total. The zero-order valence-corrected chi connectivity index (χ0v) is 17.9. The molecule has 2 heterocycles. The molecule has 2 fully saturated rings. The third-order valence-corrected chi connectivity index (χ3v) is 5.52. The van der Waals surface area contributed by atoms with Gasteiger partial charge in [-0.05, 0) is 49.8 Å². The molecule has 28 heavy (non-hydrogen) atoms. The van der Waals surface area contributed by atoms with Crippen molar-refractivity contribution >= 4 is 18.3 Å². The molecule has 0 spiro atoms. The molecular weight excluding hydrogens is 378 g/mol. The first-order valence-corrected chi connectivity index (χ1v) is 10.2. The predicted molar refractivity (Wildman–Crippen MR) is 113 cm³/mol. The second-order valence-corrected chi connectivity index (χ2v) is 7.78. The molecule has 0 bridgehead atoms. The van der Waals surface area contributed by atoms with E-state index in [1.807, 2.05) is 24.0 Å². The molecule has 1 amide bonds. The van der Waals surface area contributed by atoms with E-state index in [1.54, 1.807) is 0 Å². The van der Waals surface area contributed by atoms with Crippen molar-refractivity contribution < 1.29 is 14.3 Å². The monoisotopic (exact) mass is 411 g/mol. The van der Waals surface area contributed by atoms with E-state index in [0.717, 1.165) is 45.6 Å². The van der Waals surface area contributed by atoms with Gasteiger partial charge in [0.15, 0.2) is 18.1 Å². The molecule has 0 aromatic heterocycles. The lowest BCUT2D eigenvalue weighted by Gasteiger charge is -2.26. The number of nitrogens with two attached hydrogens (primary N) is 1. The zero-order chi connectivity index (χ0) is 19.2. The summed E-state index contributed by atoms with van der Waals surface area (Å²) in [4.78, 5) is 16.6. The van der Waals surface area contributed by atoms with E-state index in [2.05, 4.69) is 17.9 Å². The maximum absolute atomic E-state index is 12.3. The predicted octanol–water partition coefficient (Wildman–Crippen LogP) is 2.68. The smallest absolute Gasteiger partial charge is 0.260 e. The number of ether oxygens (including phenoxy) is 2. The standard InChI is InChI=1S/C21H33N3O3.ClH/c1-3-26-20-11-17(13-23-12-16(2)18(22)14-23)7-8-19(20)27-15-21(25)24-9-5-4-6-10-24;/h7-8,11,16,18H,3-6,9-10,12-15,22H2,1-2H3;1H. The summed E-state index contributed by atoms with van der Waals surface area (Å²) in [6.07, 6.45) is 3.38. The van der Waals surface area contributed by atoms with Crippen LogP contribution >= 0.6 is 12.4 Å². The first kappa shape index (κ1) is 22.8. The Balaban J connectivity index is 0.00000280. The number of likely N-dealkylation sites (tertiary alicyclic amines) is 2. The number of carbonyl (C=O) groups excluding carboxylic acids is 1. The van der Waals surface area contributed by atoms with Gasteiger partial charge in [0.2, 0.25) is 0 Å². The third-order valence-electron chi connectivity index (χ3n) is 5.52. The highest BCUT2D eigenvalue weighted by Crippen LogP contribution is 2.30. The van der Waals surface area contributed by atoms with Crippen LogP contribution in [0.25, 0.3) is 0 Å². The van der Waals surface area contributed by atoms with Gasteiger partial charge >= 0.3 is 0 Å². The lowest BCUT2D eigenvalue weighted by atomic mass is 10.1. The Morgan fingerprint density at radius 3 is 2.54 bits per heavy atom. The molecule has 2 atom stereocenters. The molecule has 0 saturated carbocycles. The van der Waals surface area contributed by atoms with Crippen molar-refractivity contribution in [3.8, 4) is 11.5 Å². The van der Waals surface area contributed by atoms with Gasteiger partial charge in [-0.3, -0.25) is 9.69 Å². The van der Waals surface area contributed by atoms with Crippen molar-refractivity contribution in [2.75, 3.05) is 39.4 Å². The molecule has 6 nitrogen and oxygen atoms in total. The number of nitrogens with zero attached hydrogens (tertiary/aromatic N) is 2. The second kappa shape index (κ2) is 10.9. The fraction of sp³-hybridized carbons (Fsp3) is 0.667. The van der Waals surface area contributed by atoms with Crippen LogP contribution in [0.5, 0.6) is 11.5 Å². The van der Waals surface area contributed by atoms with E-state index in [1.165, 1.54) is 12.0 Å². The molecule has 2 unspecified atom stereocenters. The fourth-order valence-electron chi connectivity index (χ4n) is 3.90. The summed E-state index contributed by atoms with van der Waals surface area (Å²) in [5, 5.41) is 0. The fourth-order valence-corrected chi connectivity index (χ4v) is 3.90. The van der Waals surface area contributed by atoms with Crippen molar-refractivity contribution in [1.82, 2.24) is 9.80 Å². The van der Waals surface area contributed by atoms with Crippen LogP contribution in [0.4, 0.5) is 0 Å². The van der Waals surface area contributed by atoms with Crippen LogP contribution in [-0.2, 0) is 11.3 Å². The van der Waals surface area contributed by atoms with Gasteiger partial charge in [-0.2, -0.15) is 0 Å².